The number of halogens is 5. The van der Waals surface area contributed by atoms with Crippen LogP contribution < -0.4 is 24.7 Å². The molecule has 206 valence electrons. The van der Waals surface area contributed by atoms with Gasteiger partial charge in [-0.05, 0) is 31.9 Å². The number of anilines is 1. The summed E-state index contributed by atoms with van der Waals surface area (Å²) in [4.78, 5) is 7.72. The lowest BCUT2D eigenvalue weighted by molar-refractivity contribution is 0.377. The minimum Gasteiger partial charge on any atom is -0.493 e. The van der Waals surface area contributed by atoms with Crippen molar-refractivity contribution in [2.24, 2.45) is 0 Å². The van der Waals surface area contributed by atoms with E-state index in [2.05, 4.69) is 41.8 Å². The molecule has 2 heterocycles. The van der Waals surface area contributed by atoms with Crippen LogP contribution in [0.4, 0.5) is 5.69 Å². The smallest absolute Gasteiger partial charge is 0.262 e. The Morgan fingerprint density at radius 2 is 1.18 bits per heavy atom. The normalized spacial score (nSPS) is 10.7. The predicted octanol–water partition coefficient (Wildman–Crippen LogP) is 8.11. The zero-order valence-electron chi connectivity index (χ0n) is 20.0. The highest BCUT2D eigenvalue weighted by atomic mass is 79.9. The summed E-state index contributed by atoms with van der Waals surface area (Å²) in [5.74, 6) is 2.47. The molecule has 0 aliphatic rings. The van der Waals surface area contributed by atoms with E-state index in [9.17, 15) is 8.42 Å². The Kier molecular flexibility index (Phi) is 10.9. The van der Waals surface area contributed by atoms with Crippen molar-refractivity contribution in [3.05, 3.63) is 80.2 Å². The van der Waals surface area contributed by atoms with Gasteiger partial charge in [0.25, 0.3) is 9.05 Å². The van der Waals surface area contributed by atoms with Crippen molar-refractivity contribution >= 4 is 80.5 Å². The molecule has 2 aromatic carbocycles. The van der Waals surface area contributed by atoms with Crippen LogP contribution in [0.2, 0.25) is 10.0 Å². The molecule has 0 fully saturated rings. The van der Waals surface area contributed by atoms with Crippen molar-refractivity contribution in [2.45, 2.75) is 4.90 Å². The van der Waals surface area contributed by atoms with Crippen LogP contribution in [0.5, 0.6) is 34.5 Å². The Labute approximate surface area is 255 Å². The van der Waals surface area contributed by atoms with Gasteiger partial charge in [0.2, 0.25) is 0 Å². The lowest BCUT2D eigenvalue weighted by atomic mass is 10.3. The maximum atomic E-state index is 11.4. The zero-order valence-corrected chi connectivity index (χ0v) is 26.2. The summed E-state index contributed by atoms with van der Waals surface area (Å²) in [6.07, 6.45) is 6.02. The summed E-state index contributed by atoms with van der Waals surface area (Å²) in [6, 6.07) is 9.34. The van der Waals surface area contributed by atoms with Crippen molar-refractivity contribution < 1.29 is 27.4 Å². The highest BCUT2D eigenvalue weighted by Crippen LogP contribution is 2.40. The minimum absolute atomic E-state index is 0.113. The molecule has 4 aromatic rings. The van der Waals surface area contributed by atoms with Gasteiger partial charge in [-0.15, -0.1) is 0 Å². The molecular weight excluding hydrogens is 725 g/mol. The van der Waals surface area contributed by atoms with Crippen LogP contribution in [0.3, 0.4) is 0 Å². The van der Waals surface area contributed by atoms with Crippen molar-refractivity contribution in [3.8, 4) is 34.5 Å². The molecule has 4 rings (SSSR count). The Morgan fingerprint density at radius 1 is 0.718 bits per heavy atom. The molecule has 0 amide bonds. The van der Waals surface area contributed by atoms with Gasteiger partial charge < -0.3 is 24.7 Å². The molecule has 15 heteroatoms. The van der Waals surface area contributed by atoms with E-state index in [0.717, 1.165) is 4.47 Å². The van der Waals surface area contributed by atoms with Gasteiger partial charge in [-0.25, -0.2) is 8.42 Å². The fourth-order valence-corrected chi connectivity index (χ4v) is 5.70. The van der Waals surface area contributed by atoms with Gasteiger partial charge in [0.05, 0.1) is 36.7 Å². The first-order valence-corrected chi connectivity index (χ1v) is 15.1. The van der Waals surface area contributed by atoms with Gasteiger partial charge in [0.1, 0.15) is 16.4 Å². The topological polar surface area (TPSA) is 123 Å². The zero-order chi connectivity index (χ0) is 28.7. The molecule has 0 saturated heterocycles. The fourth-order valence-electron chi connectivity index (χ4n) is 2.88. The van der Waals surface area contributed by atoms with Crippen molar-refractivity contribution in [1.29, 1.82) is 0 Å². The Morgan fingerprint density at radius 3 is 1.62 bits per heavy atom. The lowest BCUT2D eigenvalue weighted by Gasteiger charge is -2.12. The van der Waals surface area contributed by atoms with Gasteiger partial charge in [0, 0.05) is 74.1 Å². The van der Waals surface area contributed by atoms with E-state index in [-0.39, 0.29) is 20.9 Å². The predicted molar refractivity (Wildman–Crippen MR) is 157 cm³/mol. The van der Waals surface area contributed by atoms with E-state index >= 15 is 0 Å². The molecule has 0 aliphatic carbocycles. The molecule has 9 nitrogen and oxygen atoms in total. The molecule has 0 unspecified atom stereocenters. The molecule has 0 radical (unpaired) electrons. The number of hydrogen-bond acceptors (Lipinski definition) is 9. The van der Waals surface area contributed by atoms with Gasteiger partial charge >= 0.3 is 0 Å². The molecule has 0 aliphatic heterocycles. The fraction of sp³-hybridized carbons (Fsp3) is 0.0833. The minimum atomic E-state index is -3.91. The Balaban J connectivity index is 0.000000218. The van der Waals surface area contributed by atoms with Crippen LogP contribution in [-0.2, 0) is 9.05 Å². The molecule has 0 spiro atoms. The third-order valence-electron chi connectivity index (χ3n) is 4.58. The number of nitrogens with zero attached hydrogens (tertiary/aromatic N) is 2. The van der Waals surface area contributed by atoms with E-state index in [0.29, 0.717) is 38.7 Å². The number of benzene rings is 2. The highest BCUT2D eigenvalue weighted by molar-refractivity contribution is 9.10. The standard InChI is InChI=1S/C12H8BrCl2NO4S.C12H10BrClN2O2/c1-19-10-4-12(21(15,17)18)9(13)3-11(10)20-8-2-7(14)5-16-6-8;1-17-11-4-10(15)9(13)3-12(11)18-8-2-7(14)5-16-6-8/h2-6H,1H3;2-6H,15H2,1H3. The Hall–Kier alpha value is -2.48. The van der Waals surface area contributed by atoms with Crippen molar-refractivity contribution in [1.82, 2.24) is 9.97 Å². The monoisotopic (exact) mass is 739 g/mol. The maximum Gasteiger partial charge on any atom is 0.262 e. The first kappa shape index (κ1) is 31.1. The van der Waals surface area contributed by atoms with E-state index in [1.807, 2.05) is 0 Å². The number of methoxy groups -OCH3 is 2. The SMILES string of the molecule is COc1cc(N)c(Br)cc1Oc1cncc(Cl)c1.COc1cc(S(=O)(=O)Cl)c(Br)cc1Oc1cncc(Cl)c1. The summed E-state index contributed by atoms with van der Waals surface area (Å²) in [6.45, 7) is 0. The second-order valence-electron chi connectivity index (χ2n) is 7.28. The summed E-state index contributed by atoms with van der Waals surface area (Å²) >= 11 is 18.1. The number of nitrogen functional groups attached to an aromatic ring is 1. The molecule has 0 bridgehead atoms. The number of pyridine rings is 2. The molecule has 2 aromatic heterocycles. The van der Waals surface area contributed by atoms with Crippen LogP contribution in [0.15, 0.2) is 75.0 Å². The number of rotatable bonds is 7. The first-order valence-electron chi connectivity index (χ1n) is 10.4. The average Bonchev–Trinajstić information content (AvgIpc) is 2.86. The first-order chi connectivity index (χ1) is 18.4. The second-order valence-corrected chi connectivity index (χ2v) is 12.4. The van der Waals surface area contributed by atoms with E-state index < -0.39 is 9.05 Å². The molecule has 0 saturated carbocycles. The third kappa shape index (κ3) is 8.75. The molecule has 39 heavy (non-hydrogen) atoms. The van der Waals surface area contributed by atoms with Crippen molar-refractivity contribution in [2.75, 3.05) is 20.0 Å². The summed E-state index contributed by atoms with van der Waals surface area (Å²) in [5.41, 5.74) is 6.34. The van der Waals surface area contributed by atoms with Crippen molar-refractivity contribution in [3.63, 3.8) is 0 Å². The maximum absolute atomic E-state index is 11.4. The van der Waals surface area contributed by atoms with Crippen LogP contribution in [0.25, 0.3) is 0 Å². The van der Waals surface area contributed by atoms with E-state index in [4.69, 9.17) is 58.6 Å². The van der Waals surface area contributed by atoms with Crippen LogP contribution in [-0.4, -0.2) is 32.6 Å². The molecule has 0 atom stereocenters. The Bertz CT molecular complexity index is 1600. The van der Waals surface area contributed by atoms with Crippen LogP contribution in [0, 0.1) is 0 Å². The van der Waals surface area contributed by atoms with E-state index in [1.165, 1.54) is 37.8 Å². The summed E-state index contributed by atoms with van der Waals surface area (Å²) in [5, 5.41) is 0.909. The number of hydrogen-bond donors (Lipinski definition) is 1. The van der Waals surface area contributed by atoms with Gasteiger partial charge in [-0.2, -0.15) is 0 Å². The largest absolute Gasteiger partial charge is 0.493 e. The van der Waals surface area contributed by atoms with Gasteiger partial charge in [-0.3, -0.25) is 9.97 Å². The number of ether oxygens (including phenoxy) is 4. The van der Waals surface area contributed by atoms with Crippen LogP contribution in [0.1, 0.15) is 0 Å². The lowest BCUT2D eigenvalue weighted by Crippen LogP contribution is -1.97. The second kappa shape index (κ2) is 13.7. The summed E-state index contributed by atoms with van der Waals surface area (Å²) in [7, 11) is 4.37. The summed E-state index contributed by atoms with van der Waals surface area (Å²) < 4.78 is 45.4. The van der Waals surface area contributed by atoms with Crippen LogP contribution >= 0.6 is 65.7 Å². The highest BCUT2D eigenvalue weighted by Gasteiger charge is 2.19. The molecule has 2 N–H and O–H groups in total. The number of nitrogens with two attached hydrogens (primary N) is 1. The van der Waals surface area contributed by atoms with Gasteiger partial charge in [-0.1, -0.05) is 23.2 Å². The third-order valence-corrected chi connectivity index (χ3v) is 7.96. The number of aromatic nitrogens is 2. The van der Waals surface area contributed by atoms with E-state index in [1.54, 1.807) is 37.6 Å². The average molecular weight is 743 g/mol. The molecular formula is C24H18Br2Cl3N3O6S. The quantitative estimate of drug-likeness (QED) is 0.148. The van der Waals surface area contributed by atoms with Gasteiger partial charge in [0.15, 0.2) is 23.0 Å².